The number of nitrogens with zero attached hydrogens (tertiary/aromatic N) is 1. The largest absolute Gasteiger partial charge is 0.374 e. The van der Waals surface area contributed by atoms with Gasteiger partial charge in [0.05, 0.1) is 0 Å². The second kappa shape index (κ2) is 2.30. The van der Waals surface area contributed by atoms with E-state index >= 15 is 0 Å². The highest BCUT2D eigenvalue weighted by Crippen LogP contribution is 2.24. The van der Waals surface area contributed by atoms with Gasteiger partial charge in [-0.15, -0.1) is 0 Å². The van der Waals surface area contributed by atoms with Crippen molar-refractivity contribution in [3.05, 3.63) is 23.8 Å². The van der Waals surface area contributed by atoms with E-state index < -0.39 is 0 Å². The molecule has 54 valence electrons. The minimum absolute atomic E-state index is 0.859. The van der Waals surface area contributed by atoms with E-state index in [1.165, 1.54) is 11.3 Å². The van der Waals surface area contributed by atoms with Crippen molar-refractivity contribution in [3.63, 3.8) is 0 Å². The van der Waals surface area contributed by atoms with Crippen LogP contribution in [0.25, 0.3) is 0 Å². The number of hydrogen-bond donors (Lipinski definition) is 0. The van der Waals surface area contributed by atoms with Crippen molar-refractivity contribution in [3.8, 4) is 0 Å². The minimum atomic E-state index is 0.859. The summed E-state index contributed by atoms with van der Waals surface area (Å²) >= 11 is 0. The topological polar surface area (TPSA) is 3.24 Å². The Balaban J connectivity index is 2.52. The summed E-state index contributed by atoms with van der Waals surface area (Å²) in [5.41, 5.74) is 3.57. The van der Waals surface area contributed by atoms with Gasteiger partial charge in [-0.3, -0.25) is 0 Å². The van der Waals surface area contributed by atoms with Gasteiger partial charge in [0.15, 0.2) is 0 Å². The lowest BCUT2D eigenvalue weighted by atomic mass is 9.94. The molecule has 1 nitrogen and oxygen atoms in total. The summed E-state index contributed by atoms with van der Waals surface area (Å²) in [7, 11) is 7.77. The van der Waals surface area contributed by atoms with E-state index in [1.54, 1.807) is 0 Å². The van der Waals surface area contributed by atoms with Gasteiger partial charge < -0.3 is 4.90 Å². The fourth-order valence-corrected chi connectivity index (χ4v) is 1.56. The molecule has 2 heteroatoms. The molecular formula is C9H10BN. The van der Waals surface area contributed by atoms with Crippen LogP contribution in [-0.2, 0) is 6.42 Å². The Morgan fingerprint density at radius 1 is 1.45 bits per heavy atom. The lowest BCUT2D eigenvalue weighted by Crippen LogP contribution is -2.14. The lowest BCUT2D eigenvalue weighted by molar-refractivity contribution is 0.956. The van der Waals surface area contributed by atoms with E-state index in [1.807, 2.05) is 12.1 Å². The van der Waals surface area contributed by atoms with E-state index in [4.69, 9.17) is 7.85 Å². The quantitative estimate of drug-likeness (QED) is 0.477. The normalized spacial score (nSPS) is 15.2. The molecule has 2 radical (unpaired) electrons. The first-order chi connectivity index (χ1) is 5.27. The Labute approximate surface area is 68.4 Å². The number of anilines is 1. The summed E-state index contributed by atoms with van der Waals surface area (Å²) in [6, 6.07) is 6.13. The van der Waals surface area contributed by atoms with Crippen molar-refractivity contribution in [1.29, 1.82) is 0 Å². The molecule has 0 aliphatic carbocycles. The molecular weight excluding hydrogens is 133 g/mol. The molecule has 0 spiro atoms. The zero-order chi connectivity index (χ0) is 7.84. The van der Waals surface area contributed by atoms with Crippen LogP contribution in [-0.4, -0.2) is 21.4 Å². The Morgan fingerprint density at radius 3 is 3.09 bits per heavy atom. The number of likely N-dealkylation sites (N-methyl/N-ethyl adjacent to an activating group) is 1. The first kappa shape index (κ1) is 6.77. The molecule has 2 rings (SSSR count). The van der Waals surface area contributed by atoms with Gasteiger partial charge in [0.25, 0.3) is 0 Å². The van der Waals surface area contributed by atoms with Gasteiger partial charge in [-0.25, -0.2) is 0 Å². The van der Waals surface area contributed by atoms with Gasteiger partial charge in [0, 0.05) is 19.3 Å². The fourth-order valence-electron chi connectivity index (χ4n) is 1.56. The Bertz CT molecular complexity index is 283. The molecule has 11 heavy (non-hydrogen) atoms. The van der Waals surface area contributed by atoms with Gasteiger partial charge in [-0.05, 0) is 18.1 Å². The summed E-state index contributed by atoms with van der Waals surface area (Å²) in [5, 5.41) is 0. The third-order valence-electron chi connectivity index (χ3n) is 2.24. The Morgan fingerprint density at radius 2 is 2.27 bits per heavy atom. The van der Waals surface area contributed by atoms with Crippen LogP contribution < -0.4 is 10.4 Å². The molecule has 1 aliphatic rings. The van der Waals surface area contributed by atoms with Crippen molar-refractivity contribution in [2.24, 2.45) is 0 Å². The van der Waals surface area contributed by atoms with E-state index in [9.17, 15) is 0 Å². The maximum Gasteiger partial charge on any atom is 0.113 e. The molecule has 0 aromatic heterocycles. The summed E-state index contributed by atoms with van der Waals surface area (Å²) in [6.07, 6.45) is 1.16. The monoisotopic (exact) mass is 143 g/mol. The molecule has 1 aromatic rings. The van der Waals surface area contributed by atoms with Crippen LogP contribution in [0.2, 0.25) is 0 Å². The third kappa shape index (κ3) is 1.03. The van der Waals surface area contributed by atoms with Gasteiger partial charge in [-0.2, -0.15) is 0 Å². The molecule has 0 fully saturated rings. The van der Waals surface area contributed by atoms with Gasteiger partial charge in [-0.1, -0.05) is 17.6 Å². The molecule has 1 heterocycles. The summed E-state index contributed by atoms with van der Waals surface area (Å²) in [5.74, 6) is 0. The molecule has 0 unspecified atom stereocenters. The first-order valence-electron chi connectivity index (χ1n) is 3.87. The van der Waals surface area contributed by atoms with Crippen LogP contribution in [0.1, 0.15) is 5.56 Å². The van der Waals surface area contributed by atoms with Crippen LogP contribution in [0.3, 0.4) is 0 Å². The second-order valence-electron chi connectivity index (χ2n) is 3.06. The predicted octanol–water partition coefficient (Wildman–Crippen LogP) is 0.473. The highest BCUT2D eigenvalue weighted by atomic mass is 15.1. The first-order valence-corrected chi connectivity index (χ1v) is 3.87. The molecule has 0 N–H and O–H groups in total. The molecule has 0 saturated carbocycles. The molecule has 1 aliphatic heterocycles. The van der Waals surface area contributed by atoms with Crippen molar-refractivity contribution < 1.29 is 0 Å². The fraction of sp³-hybridized carbons (Fsp3) is 0.333. The summed E-state index contributed by atoms with van der Waals surface area (Å²) < 4.78 is 0. The Hall–Kier alpha value is -0.915. The highest BCUT2D eigenvalue weighted by Gasteiger charge is 2.13. The van der Waals surface area contributed by atoms with E-state index in [-0.39, 0.29) is 0 Å². The second-order valence-corrected chi connectivity index (χ2v) is 3.06. The van der Waals surface area contributed by atoms with Crippen molar-refractivity contribution in [1.82, 2.24) is 0 Å². The minimum Gasteiger partial charge on any atom is -0.374 e. The van der Waals surface area contributed by atoms with Gasteiger partial charge in [0.1, 0.15) is 7.85 Å². The van der Waals surface area contributed by atoms with E-state index in [2.05, 4.69) is 18.0 Å². The SMILES string of the molecule is [B]c1ccc2c(c1)N(C)CC2. The maximum absolute atomic E-state index is 5.67. The molecule has 1 aromatic carbocycles. The molecule has 0 atom stereocenters. The molecule has 0 amide bonds. The zero-order valence-corrected chi connectivity index (χ0v) is 6.67. The molecule has 0 saturated heterocycles. The van der Waals surface area contributed by atoms with Gasteiger partial charge >= 0.3 is 0 Å². The number of hydrogen-bond acceptors (Lipinski definition) is 1. The number of fused-ring (bicyclic) bond motifs is 1. The van der Waals surface area contributed by atoms with E-state index in [0.29, 0.717) is 0 Å². The average Bonchev–Trinajstić information content (AvgIpc) is 2.33. The Kier molecular flexibility index (Phi) is 1.41. The average molecular weight is 143 g/mol. The van der Waals surface area contributed by atoms with Crippen LogP contribution in [0.5, 0.6) is 0 Å². The highest BCUT2D eigenvalue weighted by molar-refractivity contribution is 6.32. The van der Waals surface area contributed by atoms with Crippen LogP contribution in [0.4, 0.5) is 5.69 Å². The van der Waals surface area contributed by atoms with Crippen molar-refractivity contribution in [2.45, 2.75) is 6.42 Å². The number of benzene rings is 1. The standard InChI is InChI=1S/C9H10BN/c1-11-5-4-7-2-3-8(10)6-9(7)11/h2-3,6H,4-5H2,1H3. The number of rotatable bonds is 0. The predicted molar refractivity (Wildman–Crippen MR) is 48.8 cm³/mol. The summed E-state index contributed by atoms with van der Waals surface area (Å²) in [6.45, 7) is 1.12. The van der Waals surface area contributed by atoms with Crippen LogP contribution >= 0.6 is 0 Å². The smallest absolute Gasteiger partial charge is 0.113 e. The van der Waals surface area contributed by atoms with Gasteiger partial charge in [0.2, 0.25) is 0 Å². The van der Waals surface area contributed by atoms with E-state index in [0.717, 1.165) is 18.4 Å². The van der Waals surface area contributed by atoms with Crippen LogP contribution in [0, 0.1) is 0 Å². The van der Waals surface area contributed by atoms with Crippen molar-refractivity contribution >= 4 is 19.0 Å². The third-order valence-corrected chi connectivity index (χ3v) is 2.24. The van der Waals surface area contributed by atoms with Crippen molar-refractivity contribution in [2.75, 3.05) is 18.5 Å². The van der Waals surface area contributed by atoms with Crippen LogP contribution in [0.15, 0.2) is 18.2 Å². The molecule has 0 bridgehead atoms. The maximum atomic E-state index is 5.67. The lowest BCUT2D eigenvalue weighted by Gasteiger charge is -2.11. The zero-order valence-electron chi connectivity index (χ0n) is 6.67. The summed E-state index contributed by atoms with van der Waals surface area (Å²) in [4.78, 5) is 2.24.